The van der Waals surface area contributed by atoms with Gasteiger partial charge < -0.3 is 20.1 Å². The predicted molar refractivity (Wildman–Crippen MR) is 171 cm³/mol. The predicted octanol–water partition coefficient (Wildman–Crippen LogP) is 7.90. The molecule has 0 bridgehead atoms. The molecule has 11 heteroatoms. The molecule has 4 aromatic rings. The number of anilines is 2. The van der Waals surface area contributed by atoms with E-state index in [9.17, 15) is 9.18 Å². The van der Waals surface area contributed by atoms with Gasteiger partial charge in [-0.1, -0.05) is 54.6 Å². The Balaban J connectivity index is 1.56. The van der Waals surface area contributed by atoms with Gasteiger partial charge in [0.05, 0.1) is 16.7 Å². The smallest absolute Gasteiger partial charge is 0.255 e. The fourth-order valence-electron chi connectivity index (χ4n) is 4.74. The minimum Gasteiger partial charge on any atom is -0.490 e. The largest absolute Gasteiger partial charge is 0.490 e. The summed E-state index contributed by atoms with van der Waals surface area (Å²) in [5.41, 5.74) is 4.10. The molecule has 8 nitrogen and oxygen atoms in total. The van der Waals surface area contributed by atoms with Gasteiger partial charge in [-0.3, -0.25) is 4.79 Å². The number of rotatable bonds is 11. The van der Waals surface area contributed by atoms with Crippen LogP contribution in [0.25, 0.3) is 0 Å². The molecule has 1 aliphatic rings. The van der Waals surface area contributed by atoms with Crippen molar-refractivity contribution < 1.29 is 18.7 Å². The van der Waals surface area contributed by atoms with E-state index >= 15 is 0 Å². The average molecular weight is 667 g/mol. The van der Waals surface area contributed by atoms with Gasteiger partial charge >= 0.3 is 0 Å². The van der Waals surface area contributed by atoms with Crippen molar-refractivity contribution in [3.8, 4) is 11.5 Å². The minimum atomic E-state index is -0.624. The molecule has 0 fully saturated rings. The molecule has 1 atom stereocenters. The Kier molecular flexibility index (Phi) is 9.72. The molecule has 43 heavy (non-hydrogen) atoms. The fraction of sp³-hybridized carbons (Fsp3) is 0.281. The molecular weight excluding hydrogens is 633 g/mol. The van der Waals surface area contributed by atoms with Crippen LogP contribution in [0.4, 0.5) is 16.0 Å². The minimum absolute atomic E-state index is 0.0203. The maximum absolute atomic E-state index is 14.3. The average Bonchev–Trinajstić information content (AvgIpc) is 3.39. The maximum atomic E-state index is 14.3. The van der Waals surface area contributed by atoms with Crippen LogP contribution in [0, 0.1) is 12.7 Å². The van der Waals surface area contributed by atoms with Crippen molar-refractivity contribution in [2.75, 3.05) is 23.0 Å². The van der Waals surface area contributed by atoms with E-state index in [1.807, 2.05) is 57.2 Å². The van der Waals surface area contributed by atoms with Crippen LogP contribution < -0.4 is 20.1 Å². The summed E-state index contributed by atoms with van der Waals surface area (Å²) in [6.07, 6.45) is 0.978. The maximum Gasteiger partial charge on any atom is 0.255 e. The highest BCUT2D eigenvalue weighted by molar-refractivity contribution is 9.10. The first kappa shape index (κ1) is 30.6. The van der Waals surface area contributed by atoms with Gasteiger partial charge in [0.15, 0.2) is 11.5 Å². The van der Waals surface area contributed by atoms with Crippen LogP contribution in [0.15, 0.2) is 81.6 Å². The van der Waals surface area contributed by atoms with Crippen molar-refractivity contribution in [1.29, 1.82) is 0 Å². The summed E-state index contributed by atoms with van der Waals surface area (Å²) in [5.74, 6) is 1.70. The van der Waals surface area contributed by atoms with Gasteiger partial charge in [0.2, 0.25) is 11.1 Å². The first-order valence-corrected chi connectivity index (χ1v) is 15.8. The van der Waals surface area contributed by atoms with E-state index in [0.29, 0.717) is 56.2 Å². The summed E-state index contributed by atoms with van der Waals surface area (Å²) in [6, 6.07) is 17.2. The van der Waals surface area contributed by atoms with Crippen LogP contribution in [0.3, 0.4) is 0 Å². The molecule has 0 spiro atoms. The number of benzene rings is 3. The number of carbonyl (C=O) groups is 1. The summed E-state index contributed by atoms with van der Waals surface area (Å²) in [5, 5.41) is 11.8. The lowest BCUT2D eigenvalue weighted by Gasteiger charge is -2.29. The summed E-state index contributed by atoms with van der Waals surface area (Å²) in [6.45, 7) is 8.23. The second-order valence-corrected chi connectivity index (χ2v) is 12.0. The zero-order valence-corrected chi connectivity index (χ0v) is 26.8. The summed E-state index contributed by atoms with van der Waals surface area (Å²) < 4.78 is 28.7. The van der Waals surface area contributed by atoms with Crippen molar-refractivity contribution in [3.05, 3.63) is 98.9 Å². The third-order valence-corrected chi connectivity index (χ3v) is 8.43. The molecule has 1 aliphatic heterocycles. The van der Waals surface area contributed by atoms with Crippen molar-refractivity contribution in [2.24, 2.45) is 0 Å². The number of fused-ring (bicyclic) bond motifs is 1. The highest BCUT2D eigenvalue weighted by Crippen LogP contribution is 2.43. The normalized spacial score (nSPS) is 14.2. The number of nitrogens with one attached hydrogen (secondary N) is 2. The second kappa shape index (κ2) is 13.6. The number of ether oxygens (including phenoxy) is 2. The molecule has 5 rings (SSSR count). The molecule has 0 saturated heterocycles. The van der Waals surface area contributed by atoms with Gasteiger partial charge in [0.25, 0.3) is 5.91 Å². The molecule has 1 unspecified atom stereocenters. The molecule has 3 aromatic carbocycles. The molecule has 2 N–H and O–H groups in total. The Bertz CT molecular complexity index is 1660. The number of amides is 1. The third-order valence-electron chi connectivity index (χ3n) is 6.80. The zero-order chi connectivity index (χ0) is 30.5. The van der Waals surface area contributed by atoms with Crippen molar-refractivity contribution >= 4 is 45.2 Å². The Morgan fingerprint density at radius 2 is 1.88 bits per heavy atom. The SMILES string of the molecule is CCCSc1nc2n(n1)C(c1cc(Br)c(OCc3ccccc3F)c(OCC)c1)C(C(=O)Nc1ccc(C)cc1)=C(C)N2. The standard InChI is InChI=1S/C32H33BrFN5O3S/c1-5-15-43-32-37-31-35-20(4)27(30(40)36-23-13-11-19(3)12-14-23)28(39(31)38-32)22-16-24(33)29(26(17-22)41-6-2)42-18-21-9-7-8-10-25(21)34/h7-14,16-17,28H,5-6,15,18H2,1-4H3,(H,36,40)(H,35,37,38). The van der Waals surface area contributed by atoms with E-state index in [0.717, 1.165) is 23.3 Å². The van der Waals surface area contributed by atoms with Crippen LogP contribution >= 0.6 is 27.7 Å². The van der Waals surface area contributed by atoms with E-state index in [1.54, 1.807) is 34.6 Å². The Morgan fingerprint density at radius 1 is 1.12 bits per heavy atom. The van der Waals surface area contributed by atoms with E-state index in [-0.39, 0.29) is 18.3 Å². The Hall–Kier alpha value is -3.83. The summed E-state index contributed by atoms with van der Waals surface area (Å²) >= 11 is 5.22. The number of hydrogen-bond acceptors (Lipinski definition) is 7. The first-order valence-electron chi connectivity index (χ1n) is 14.1. The molecule has 1 amide bonds. The first-order chi connectivity index (χ1) is 20.8. The van der Waals surface area contributed by atoms with E-state index in [4.69, 9.17) is 19.6 Å². The summed E-state index contributed by atoms with van der Waals surface area (Å²) in [4.78, 5) is 18.6. The van der Waals surface area contributed by atoms with Crippen molar-refractivity contribution in [1.82, 2.24) is 14.8 Å². The molecular formula is C32H33BrFN5O3S. The van der Waals surface area contributed by atoms with Crippen LogP contribution in [-0.2, 0) is 11.4 Å². The van der Waals surface area contributed by atoms with Gasteiger partial charge in [-0.25, -0.2) is 9.07 Å². The third kappa shape index (κ3) is 6.88. The van der Waals surface area contributed by atoms with Gasteiger partial charge in [-0.15, -0.1) is 5.10 Å². The van der Waals surface area contributed by atoms with Gasteiger partial charge in [0, 0.05) is 22.7 Å². The number of aromatic nitrogens is 3. The lowest BCUT2D eigenvalue weighted by molar-refractivity contribution is -0.113. The molecule has 0 aliphatic carbocycles. The number of nitrogens with zero attached hydrogens (tertiary/aromatic N) is 3. The van der Waals surface area contributed by atoms with Gasteiger partial charge in [-0.05, 0) is 79.0 Å². The highest BCUT2D eigenvalue weighted by atomic mass is 79.9. The van der Waals surface area contributed by atoms with Crippen LogP contribution in [0.1, 0.15) is 49.9 Å². The quantitative estimate of drug-likeness (QED) is 0.157. The van der Waals surface area contributed by atoms with Crippen LogP contribution in [0.2, 0.25) is 0 Å². The topological polar surface area (TPSA) is 90.3 Å². The second-order valence-electron chi connectivity index (χ2n) is 10.0. The van der Waals surface area contributed by atoms with E-state index in [1.165, 1.54) is 6.07 Å². The number of aryl methyl sites for hydroxylation is 1. The number of allylic oxidation sites excluding steroid dienone is 1. The monoisotopic (exact) mass is 665 g/mol. The zero-order valence-electron chi connectivity index (χ0n) is 24.4. The van der Waals surface area contributed by atoms with Gasteiger partial charge in [-0.2, -0.15) is 4.98 Å². The number of carbonyl (C=O) groups excluding carboxylic acids is 1. The summed E-state index contributed by atoms with van der Waals surface area (Å²) in [7, 11) is 0. The van der Waals surface area contributed by atoms with Crippen molar-refractivity contribution in [2.45, 2.75) is 51.9 Å². The number of hydrogen-bond donors (Lipinski definition) is 2. The van der Waals surface area contributed by atoms with Crippen LogP contribution in [0.5, 0.6) is 11.5 Å². The van der Waals surface area contributed by atoms with Gasteiger partial charge in [0.1, 0.15) is 18.5 Å². The molecule has 2 heterocycles. The lowest BCUT2D eigenvalue weighted by Crippen LogP contribution is -2.31. The number of halogens is 2. The molecule has 224 valence electrons. The Labute approximate surface area is 263 Å². The fourth-order valence-corrected chi connectivity index (χ4v) is 6.00. The number of thioether (sulfide) groups is 1. The van der Waals surface area contributed by atoms with E-state index in [2.05, 4.69) is 33.5 Å². The molecule has 0 radical (unpaired) electrons. The molecule has 1 aromatic heterocycles. The molecule has 0 saturated carbocycles. The highest BCUT2D eigenvalue weighted by Gasteiger charge is 2.35. The van der Waals surface area contributed by atoms with Crippen LogP contribution in [-0.4, -0.2) is 33.0 Å². The Morgan fingerprint density at radius 3 is 2.60 bits per heavy atom. The lowest BCUT2D eigenvalue weighted by atomic mass is 9.94. The van der Waals surface area contributed by atoms with Crippen molar-refractivity contribution in [3.63, 3.8) is 0 Å². The van der Waals surface area contributed by atoms with E-state index < -0.39 is 6.04 Å².